The van der Waals surface area contributed by atoms with Crippen LogP contribution in [0.15, 0.2) is 34.4 Å². The van der Waals surface area contributed by atoms with Crippen LogP contribution in [0.25, 0.3) is 0 Å². The van der Waals surface area contributed by atoms with Crippen LogP contribution in [0.4, 0.5) is 10.5 Å². The fourth-order valence-electron chi connectivity index (χ4n) is 1.18. The molecule has 21 heavy (non-hydrogen) atoms. The number of guanidine groups is 3. The second kappa shape index (κ2) is 6.96. The Hall–Kier alpha value is -3.01. The van der Waals surface area contributed by atoms with Crippen LogP contribution in [0.1, 0.15) is 0 Å². The second-order valence-electron chi connectivity index (χ2n) is 3.63. The number of hydrogen-bond acceptors (Lipinski definition) is 3. The summed E-state index contributed by atoms with van der Waals surface area (Å²) in [5.41, 5.74) is 21.3. The number of carbonyl (C=O) groups is 1. The molecule has 0 aliphatic carbocycles. The first-order valence-corrected chi connectivity index (χ1v) is 5.82. The number of aliphatic imine (C=N–C) groups is 1. The Morgan fingerprint density at radius 3 is 2.24 bits per heavy atom. The summed E-state index contributed by atoms with van der Waals surface area (Å²) in [6.07, 6.45) is 0. The number of carbonyl (C=O) groups excluding carboxylic acids is 1. The van der Waals surface area contributed by atoms with Gasteiger partial charge in [-0.3, -0.25) is 5.41 Å². The fraction of sp³-hybridized carbons (Fsp3) is 0. The molecule has 0 radical (unpaired) electrons. The maximum absolute atomic E-state index is 11.9. The van der Waals surface area contributed by atoms with E-state index in [1.54, 1.807) is 24.3 Å². The van der Waals surface area contributed by atoms with Crippen molar-refractivity contribution in [3.8, 4) is 0 Å². The maximum Gasteiger partial charge on any atom is 0.349 e. The van der Waals surface area contributed by atoms with E-state index in [0.29, 0.717) is 15.7 Å². The molecule has 112 valence electrons. The highest BCUT2D eigenvalue weighted by Crippen LogP contribution is 2.13. The lowest BCUT2D eigenvalue weighted by Crippen LogP contribution is -2.41. The van der Waals surface area contributed by atoms with Gasteiger partial charge in [0.15, 0.2) is 5.96 Å². The number of benzene rings is 1. The van der Waals surface area contributed by atoms with Crippen molar-refractivity contribution in [3.05, 3.63) is 29.3 Å². The predicted molar refractivity (Wildman–Crippen MR) is 81.7 cm³/mol. The van der Waals surface area contributed by atoms with E-state index in [-0.39, 0.29) is 5.96 Å². The highest BCUT2D eigenvalue weighted by Gasteiger charge is 2.16. The first-order valence-electron chi connectivity index (χ1n) is 5.44. The number of nitrogens with one attached hydrogen (secondary N) is 2. The minimum atomic E-state index is -0.821. The Morgan fingerprint density at radius 2 is 1.76 bits per heavy atom. The van der Waals surface area contributed by atoms with Crippen LogP contribution in [-0.4, -0.2) is 28.9 Å². The molecule has 0 atom stereocenters. The van der Waals surface area contributed by atoms with Crippen molar-refractivity contribution >= 4 is 41.2 Å². The Morgan fingerprint density at radius 1 is 1.19 bits per heavy atom. The Kier molecular flexibility index (Phi) is 5.31. The van der Waals surface area contributed by atoms with Gasteiger partial charge in [0.1, 0.15) is 0 Å². The summed E-state index contributed by atoms with van der Waals surface area (Å²) in [5, 5.41) is 14.3. The first-order chi connectivity index (χ1) is 9.79. The topological polar surface area (TPSA) is 185 Å². The van der Waals surface area contributed by atoms with Gasteiger partial charge in [0.25, 0.3) is 0 Å². The smallest absolute Gasteiger partial charge is 0.349 e. The molecule has 0 aliphatic heterocycles. The molecule has 0 fully saturated rings. The lowest BCUT2D eigenvalue weighted by Gasteiger charge is -2.15. The summed E-state index contributed by atoms with van der Waals surface area (Å²) >= 11 is 5.72. The SMILES string of the molecule is N=C(N)N(N=C(N)N=C(N)N)C(=O)Nc1ccc(Cl)cc1. The third-order valence-electron chi connectivity index (χ3n) is 1.96. The van der Waals surface area contributed by atoms with Crippen molar-refractivity contribution in [2.45, 2.75) is 0 Å². The van der Waals surface area contributed by atoms with Crippen molar-refractivity contribution in [2.24, 2.45) is 33.0 Å². The van der Waals surface area contributed by atoms with Gasteiger partial charge in [0.2, 0.25) is 11.9 Å². The molecule has 0 aliphatic rings. The average Bonchev–Trinajstić information content (AvgIpc) is 2.37. The van der Waals surface area contributed by atoms with Gasteiger partial charge in [-0.2, -0.15) is 4.99 Å². The van der Waals surface area contributed by atoms with Crippen molar-refractivity contribution in [2.75, 3.05) is 5.32 Å². The number of nitrogens with zero attached hydrogens (tertiary/aromatic N) is 3. The van der Waals surface area contributed by atoms with Crippen LogP contribution in [-0.2, 0) is 0 Å². The predicted octanol–water partition coefficient (Wildman–Crippen LogP) is -0.430. The van der Waals surface area contributed by atoms with Gasteiger partial charge in [0, 0.05) is 10.7 Å². The molecule has 10 nitrogen and oxygen atoms in total. The molecule has 1 aromatic carbocycles. The van der Waals surface area contributed by atoms with Gasteiger partial charge in [-0.15, -0.1) is 10.1 Å². The van der Waals surface area contributed by atoms with Gasteiger partial charge in [-0.1, -0.05) is 11.6 Å². The molecule has 0 spiro atoms. The normalized spacial score (nSPS) is 10.6. The zero-order valence-electron chi connectivity index (χ0n) is 10.7. The fourth-order valence-corrected chi connectivity index (χ4v) is 1.30. The van der Waals surface area contributed by atoms with E-state index in [2.05, 4.69) is 15.4 Å². The van der Waals surface area contributed by atoms with Crippen LogP contribution in [0.3, 0.4) is 0 Å². The van der Waals surface area contributed by atoms with E-state index < -0.39 is 18.0 Å². The minimum absolute atomic E-state index is 0.349. The molecule has 0 saturated carbocycles. The van der Waals surface area contributed by atoms with Gasteiger partial charge < -0.3 is 28.3 Å². The lowest BCUT2D eigenvalue weighted by molar-refractivity contribution is 0.234. The van der Waals surface area contributed by atoms with Crippen molar-refractivity contribution in [1.29, 1.82) is 5.41 Å². The molecule has 0 aromatic heterocycles. The zero-order chi connectivity index (χ0) is 16.0. The number of halogens is 1. The van der Waals surface area contributed by atoms with E-state index in [0.717, 1.165) is 0 Å². The lowest BCUT2D eigenvalue weighted by atomic mass is 10.3. The van der Waals surface area contributed by atoms with E-state index in [1.807, 2.05) is 0 Å². The molecule has 2 amide bonds. The molecular formula is C10H14ClN9O. The standard InChI is InChI=1S/C10H14ClN9O/c11-5-1-3-6(4-2-5)17-10(21)20(8(14)15)19-9(16)18-7(12)13/h1-4H,(H3,14,15)(H,17,21)(H6,12,13,16,18,19). The van der Waals surface area contributed by atoms with E-state index in [9.17, 15) is 4.79 Å². The molecule has 10 N–H and O–H groups in total. The molecule has 0 heterocycles. The zero-order valence-corrected chi connectivity index (χ0v) is 11.5. The third kappa shape index (κ3) is 5.24. The summed E-state index contributed by atoms with van der Waals surface area (Å²) < 4.78 is 0. The summed E-state index contributed by atoms with van der Waals surface area (Å²) in [5.74, 6) is -1.45. The molecule has 0 saturated heterocycles. The number of urea groups is 1. The second-order valence-corrected chi connectivity index (χ2v) is 4.07. The number of hydrazone groups is 1. The molecule has 11 heteroatoms. The van der Waals surface area contributed by atoms with Crippen LogP contribution in [0, 0.1) is 5.41 Å². The summed E-state index contributed by atoms with van der Waals surface area (Å²) in [6, 6.07) is 5.45. The number of hydrogen-bond donors (Lipinski definition) is 6. The average molecular weight is 312 g/mol. The monoisotopic (exact) mass is 311 g/mol. The highest BCUT2D eigenvalue weighted by atomic mass is 35.5. The number of amides is 2. The van der Waals surface area contributed by atoms with Gasteiger partial charge in [0.05, 0.1) is 0 Å². The minimum Gasteiger partial charge on any atom is -0.370 e. The number of nitrogens with two attached hydrogens (primary N) is 4. The number of anilines is 1. The van der Waals surface area contributed by atoms with Crippen LogP contribution in [0.5, 0.6) is 0 Å². The highest BCUT2D eigenvalue weighted by molar-refractivity contribution is 6.30. The van der Waals surface area contributed by atoms with E-state index >= 15 is 0 Å². The van der Waals surface area contributed by atoms with Gasteiger partial charge >= 0.3 is 6.03 Å². The largest absolute Gasteiger partial charge is 0.370 e. The van der Waals surface area contributed by atoms with Crippen LogP contribution < -0.4 is 28.3 Å². The third-order valence-corrected chi connectivity index (χ3v) is 2.21. The Bertz CT molecular complexity index is 591. The van der Waals surface area contributed by atoms with E-state index in [4.69, 9.17) is 39.9 Å². The molecule has 0 unspecified atom stereocenters. The van der Waals surface area contributed by atoms with Crippen LogP contribution >= 0.6 is 11.6 Å². The van der Waals surface area contributed by atoms with Crippen LogP contribution in [0.2, 0.25) is 5.02 Å². The van der Waals surface area contributed by atoms with Crippen molar-refractivity contribution < 1.29 is 4.79 Å². The Labute approximate surface area is 124 Å². The van der Waals surface area contributed by atoms with Gasteiger partial charge in [-0.05, 0) is 24.3 Å². The molecular weight excluding hydrogens is 298 g/mol. The summed E-state index contributed by atoms with van der Waals surface area (Å²) in [4.78, 5) is 15.4. The van der Waals surface area contributed by atoms with Crippen molar-refractivity contribution in [1.82, 2.24) is 5.01 Å². The van der Waals surface area contributed by atoms with Gasteiger partial charge in [-0.25, -0.2) is 4.79 Å². The molecule has 1 aromatic rings. The molecule has 1 rings (SSSR count). The van der Waals surface area contributed by atoms with Crippen molar-refractivity contribution in [3.63, 3.8) is 0 Å². The van der Waals surface area contributed by atoms with E-state index in [1.165, 1.54) is 0 Å². The maximum atomic E-state index is 11.9. The summed E-state index contributed by atoms with van der Waals surface area (Å²) in [7, 11) is 0. The Balaban J connectivity index is 2.90. The molecule has 0 bridgehead atoms. The quantitative estimate of drug-likeness (QED) is 0.245. The first kappa shape index (κ1) is 16.0. The number of rotatable bonds is 2. The summed E-state index contributed by atoms with van der Waals surface area (Å²) in [6.45, 7) is 0.